The lowest BCUT2D eigenvalue weighted by molar-refractivity contribution is -0.126. The second-order valence-electron chi connectivity index (χ2n) is 8.28. The van der Waals surface area contributed by atoms with E-state index in [1.54, 1.807) is 7.11 Å². The number of ether oxygens (including phenoxy) is 1. The van der Waals surface area contributed by atoms with E-state index in [1.165, 1.54) is 5.56 Å². The van der Waals surface area contributed by atoms with Crippen molar-refractivity contribution >= 4 is 17.5 Å². The van der Waals surface area contributed by atoms with Gasteiger partial charge in [-0.25, -0.2) is 0 Å². The Bertz CT molecular complexity index is 1060. The fourth-order valence-electron chi connectivity index (χ4n) is 4.15. The lowest BCUT2D eigenvalue weighted by Gasteiger charge is -2.30. The van der Waals surface area contributed by atoms with Crippen LogP contribution in [0.1, 0.15) is 30.7 Å². The number of piperidine rings is 1. The van der Waals surface area contributed by atoms with E-state index >= 15 is 0 Å². The summed E-state index contributed by atoms with van der Waals surface area (Å²) in [5, 5.41) is 7.81. The van der Waals surface area contributed by atoms with Gasteiger partial charge in [0.15, 0.2) is 0 Å². The number of nitrogens with zero attached hydrogens (tertiary/aromatic N) is 3. The zero-order valence-electron chi connectivity index (χ0n) is 18.8. The van der Waals surface area contributed by atoms with E-state index in [9.17, 15) is 4.79 Å². The van der Waals surface area contributed by atoms with Crippen LogP contribution in [-0.2, 0) is 17.8 Å². The maximum absolute atomic E-state index is 12.6. The fourth-order valence-corrected chi connectivity index (χ4v) is 4.34. The molecule has 1 amide bonds. The average molecular weight is 469 g/mol. The summed E-state index contributed by atoms with van der Waals surface area (Å²) < 4.78 is 10.8. The first-order chi connectivity index (χ1) is 16.1. The topological polar surface area (TPSA) is 80.5 Å². The number of aromatic nitrogens is 2. The quantitative estimate of drug-likeness (QED) is 0.470. The SMILES string of the molecule is COc1ccccc1CCCNC(=O)C1CCN(Cc2nc(-c3cccc(Cl)c3)no2)CC1. The number of benzene rings is 2. The molecule has 0 radical (unpaired) electrons. The molecule has 1 aliphatic rings. The highest BCUT2D eigenvalue weighted by molar-refractivity contribution is 6.30. The molecule has 2 aromatic carbocycles. The van der Waals surface area contributed by atoms with E-state index in [0.717, 1.165) is 50.1 Å². The first-order valence-electron chi connectivity index (χ1n) is 11.3. The predicted molar refractivity (Wildman–Crippen MR) is 127 cm³/mol. The molecule has 174 valence electrons. The van der Waals surface area contributed by atoms with Crippen molar-refractivity contribution in [2.45, 2.75) is 32.2 Å². The standard InChI is InChI=1S/C25H29ClN4O3/c1-32-22-10-3-2-6-18(22)8-5-13-27-25(31)19-11-14-30(15-12-19)17-23-28-24(29-33-23)20-7-4-9-21(26)16-20/h2-4,6-7,9-10,16,19H,5,8,11-15,17H2,1H3,(H,27,31). The van der Waals surface area contributed by atoms with Gasteiger partial charge in [0.2, 0.25) is 17.6 Å². The van der Waals surface area contributed by atoms with Gasteiger partial charge < -0.3 is 14.6 Å². The van der Waals surface area contributed by atoms with Crippen molar-refractivity contribution < 1.29 is 14.1 Å². The highest BCUT2D eigenvalue weighted by Crippen LogP contribution is 2.23. The van der Waals surface area contributed by atoms with Crippen molar-refractivity contribution in [2.24, 2.45) is 5.92 Å². The number of rotatable bonds is 9. The van der Waals surface area contributed by atoms with Crippen molar-refractivity contribution in [1.82, 2.24) is 20.4 Å². The Morgan fingerprint density at radius 2 is 2.03 bits per heavy atom. The smallest absolute Gasteiger partial charge is 0.241 e. The summed E-state index contributed by atoms with van der Waals surface area (Å²) >= 11 is 6.04. The average Bonchev–Trinajstić information content (AvgIpc) is 3.31. The molecule has 1 fully saturated rings. The Hall–Kier alpha value is -2.90. The highest BCUT2D eigenvalue weighted by Gasteiger charge is 2.25. The number of aryl methyl sites for hydroxylation is 1. The molecule has 8 heteroatoms. The number of hydrogen-bond donors (Lipinski definition) is 1. The van der Waals surface area contributed by atoms with Crippen LogP contribution in [0, 0.1) is 5.92 Å². The third-order valence-electron chi connectivity index (χ3n) is 5.98. The van der Waals surface area contributed by atoms with Crippen LogP contribution >= 0.6 is 11.6 Å². The molecule has 2 heterocycles. The molecule has 1 N–H and O–H groups in total. The van der Waals surface area contributed by atoms with Crippen molar-refractivity contribution in [3.8, 4) is 17.1 Å². The summed E-state index contributed by atoms with van der Waals surface area (Å²) in [7, 11) is 1.68. The Kier molecular flexibility index (Phi) is 7.96. The number of methoxy groups -OCH3 is 1. The number of likely N-dealkylation sites (tertiary alicyclic amines) is 1. The van der Waals surface area contributed by atoms with Crippen LogP contribution in [0.3, 0.4) is 0 Å². The van der Waals surface area contributed by atoms with Crippen LogP contribution in [-0.4, -0.2) is 47.7 Å². The van der Waals surface area contributed by atoms with E-state index < -0.39 is 0 Å². The van der Waals surface area contributed by atoms with E-state index in [1.807, 2.05) is 42.5 Å². The summed E-state index contributed by atoms with van der Waals surface area (Å²) in [4.78, 5) is 19.3. The zero-order chi connectivity index (χ0) is 23.0. The molecule has 7 nitrogen and oxygen atoms in total. The van der Waals surface area contributed by atoms with Crippen LogP contribution in [0.15, 0.2) is 53.1 Å². The van der Waals surface area contributed by atoms with E-state index in [-0.39, 0.29) is 11.8 Å². The lowest BCUT2D eigenvalue weighted by Crippen LogP contribution is -2.40. The third-order valence-corrected chi connectivity index (χ3v) is 6.22. The molecule has 1 saturated heterocycles. The fraction of sp³-hybridized carbons (Fsp3) is 0.400. The molecular weight excluding hydrogens is 440 g/mol. The minimum absolute atomic E-state index is 0.0530. The molecule has 0 atom stereocenters. The Morgan fingerprint density at radius 3 is 2.82 bits per heavy atom. The molecule has 0 unspecified atom stereocenters. The first-order valence-corrected chi connectivity index (χ1v) is 11.7. The van der Waals surface area contributed by atoms with Gasteiger partial charge in [-0.1, -0.05) is 47.1 Å². The maximum atomic E-state index is 12.6. The predicted octanol–water partition coefficient (Wildman–Crippen LogP) is 4.36. The molecule has 1 aromatic heterocycles. The van der Waals surface area contributed by atoms with Gasteiger partial charge in [-0.15, -0.1) is 0 Å². The van der Waals surface area contributed by atoms with Gasteiger partial charge in [0.05, 0.1) is 13.7 Å². The molecule has 33 heavy (non-hydrogen) atoms. The summed E-state index contributed by atoms with van der Waals surface area (Å²) in [6, 6.07) is 15.4. The minimum atomic E-state index is 0.0530. The van der Waals surface area contributed by atoms with Crippen molar-refractivity contribution in [3.63, 3.8) is 0 Å². The molecular formula is C25H29ClN4O3. The van der Waals surface area contributed by atoms with Gasteiger partial charge in [-0.2, -0.15) is 4.98 Å². The number of nitrogens with one attached hydrogen (secondary N) is 1. The second kappa shape index (κ2) is 11.3. The highest BCUT2D eigenvalue weighted by atomic mass is 35.5. The number of para-hydroxylation sites is 1. The molecule has 0 spiro atoms. The number of carbonyl (C=O) groups excluding carboxylic acids is 1. The lowest BCUT2D eigenvalue weighted by atomic mass is 9.96. The van der Waals surface area contributed by atoms with Gasteiger partial charge in [-0.05, 0) is 62.5 Å². The largest absolute Gasteiger partial charge is 0.496 e. The second-order valence-corrected chi connectivity index (χ2v) is 8.72. The van der Waals surface area contributed by atoms with Crippen LogP contribution in [0.5, 0.6) is 5.75 Å². The van der Waals surface area contributed by atoms with Crippen molar-refractivity contribution in [3.05, 3.63) is 65.0 Å². The molecule has 1 aliphatic heterocycles. The van der Waals surface area contributed by atoms with E-state index in [2.05, 4.69) is 26.4 Å². The summed E-state index contributed by atoms with van der Waals surface area (Å²) in [5.41, 5.74) is 2.00. The van der Waals surface area contributed by atoms with Gasteiger partial charge in [0.25, 0.3) is 0 Å². The van der Waals surface area contributed by atoms with Crippen molar-refractivity contribution in [2.75, 3.05) is 26.7 Å². The number of halogens is 1. The van der Waals surface area contributed by atoms with Gasteiger partial charge in [-0.3, -0.25) is 9.69 Å². The van der Waals surface area contributed by atoms with E-state index in [4.69, 9.17) is 20.9 Å². The zero-order valence-corrected chi connectivity index (χ0v) is 19.6. The first kappa shape index (κ1) is 23.3. The van der Waals surface area contributed by atoms with Crippen molar-refractivity contribution in [1.29, 1.82) is 0 Å². The summed E-state index contributed by atoms with van der Waals surface area (Å²) in [6.07, 6.45) is 3.42. The Morgan fingerprint density at radius 1 is 1.21 bits per heavy atom. The van der Waals surface area contributed by atoms with Gasteiger partial charge >= 0.3 is 0 Å². The van der Waals surface area contributed by atoms with Crippen LogP contribution < -0.4 is 10.1 Å². The monoisotopic (exact) mass is 468 g/mol. The number of amides is 1. The van der Waals surface area contributed by atoms with Crippen LogP contribution in [0.4, 0.5) is 0 Å². The molecule has 4 rings (SSSR count). The summed E-state index contributed by atoms with van der Waals surface area (Å²) in [5.74, 6) is 2.21. The Balaban J connectivity index is 1.18. The molecule has 0 saturated carbocycles. The molecule has 3 aromatic rings. The minimum Gasteiger partial charge on any atom is -0.496 e. The Labute approximate surface area is 199 Å². The van der Waals surface area contributed by atoms with E-state index in [0.29, 0.717) is 29.8 Å². The summed E-state index contributed by atoms with van der Waals surface area (Å²) in [6.45, 7) is 2.91. The third kappa shape index (κ3) is 6.33. The van der Waals surface area contributed by atoms with Gasteiger partial charge in [0, 0.05) is 23.0 Å². The van der Waals surface area contributed by atoms with Crippen LogP contribution in [0.2, 0.25) is 5.02 Å². The molecule has 0 aliphatic carbocycles. The number of carbonyl (C=O) groups is 1. The van der Waals surface area contributed by atoms with Gasteiger partial charge in [0.1, 0.15) is 5.75 Å². The number of hydrogen-bond acceptors (Lipinski definition) is 6. The molecule has 0 bridgehead atoms. The maximum Gasteiger partial charge on any atom is 0.241 e. The normalized spacial score (nSPS) is 14.8. The van der Waals surface area contributed by atoms with Crippen LogP contribution in [0.25, 0.3) is 11.4 Å².